The van der Waals surface area contributed by atoms with Crippen molar-refractivity contribution < 1.29 is 5.11 Å². The molecular weight excluding hydrogens is 236 g/mol. The summed E-state index contributed by atoms with van der Waals surface area (Å²) in [5.74, 6) is 0.365. The summed E-state index contributed by atoms with van der Waals surface area (Å²) >= 11 is 0. The zero-order valence-corrected chi connectivity index (χ0v) is 13.1. The van der Waals surface area contributed by atoms with Crippen LogP contribution in [0, 0.1) is 0 Å². The van der Waals surface area contributed by atoms with E-state index in [0.29, 0.717) is 5.75 Å². The molecule has 0 radical (unpaired) electrons. The Balaban J connectivity index is 3.00. The molecule has 0 aromatic heterocycles. The van der Waals surface area contributed by atoms with Crippen LogP contribution < -0.4 is 10.2 Å². The van der Waals surface area contributed by atoms with Crippen LogP contribution in [0.5, 0.6) is 5.75 Å². The molecule has 1 aromatic rings. The van der Waals surface area contributed by atoms with E-state index in [1.807, 2.05) is 12.1 Å². The van der Waals surface area contributed by atoms with E-state index in [4.69, 9.17) is 0 Å². The minimum atomic E-state index is 0.0846. The van der Waals surface area contributed by atoms with Gasteiger partial charge in [0.05, 0.1) is 0 Å². The molecule has 0 aliphatic heterocycles. The molecule has 0 aliphatic carbocycles. The second-order valence-corrected chi connectivity index (χ2v) is 5.75. The number of phenolic OH excluding ortho intramolecular Hbond substituents is 1. The predicted molar refractivity (Wildman–Crippen MR) is 83.0 cm³/mol. The van der Waals surface area contributed by atoms with Gasteiger partial charge in [-0.25, -0.2) is 0 Å². The van der Waals surface area contributed by atoms with Gasteiger partial charge in [-0.3, -0.25) is 0 Å². The minimum Gasteiger partial charge on any atom is -0.508 e. The number of phenols is 1. The molecule has 0 spiro atoms. The molecule has 1 atom stereocenters. The molecule has 0 amide bonds. The normalized spacial score (nSPS) is 13.4. The average Bonchev–Trinajstić information content (AvgIpc) is 2.37. The second kappa shape index (κ2) is 6.29. The molecule has 3 heteroatoms. The van der Waals surface area contributed by atoms with E-state index in [1.165, 1.54) is 0 Å². The quantitative estimate of drug-likeness (QED) is 0.822. The third-order valence-electron chi connectivity index (χ3n) is 4.15. The Morgan fingerprint density at radius 1 is 1.32 bits per heavy atom. The van der Waals surface area contributed by atoms with Crippen molar-refractivity contribution in [1.82, 2.24) is 5.32 Å². The van der Waals surface area contributed by atoms with Crippen molar-refractivity contribution in [2.24, 2.45) is 0 Å². The van der Waals surface area contributed by atoms with Gasteiger partial charge in [0.15, 0.2) is 0 Å². The molecule has 1 aromatic carbocycles. The molecular formula is C16H28N2O. The fourth-order valence-corrected chi connectivity index (χ4v) is 2.11. The molecule has 0 aliphatic rings. The zero-order valence-electron chi connectivity index (χ0n) is 13.1. The summed E-state index contributed by atoms with van der Waals surface area (Å²) < 4.78 is 0. The largest absolute Gasteiger partial charge is 0.508 e. The first-order chi connectivity index (χ1) is 8.83. The fourth-order valence-electron chi connectivity index (χ4n) is 2.11. The van der Waals surface area contributed by atoms with Crippen LogP contribution in [0.15, 0.2) is 18.2 Å². The Hall–Kier alpha value is -1.22. The highest BCUT2D eigenvalue weighted by molar-refractivity contribution is 5.55. The third-order valence-corrected chi connectivity index (χ3v) is 4.15. The maximum Gasteiger partial charge on any atom is 0.122 e. The van der Waals surface area contributed by atoms with Gasteiger partial charge in [-0.1, -0.05) is 19.9 Å². The number of hydrogen-bond acceptors (Lipinski definition) is 3. The van der Waals surface area contributed by atoms with Gasteiger partial charge in [-0.05, 0) is 39.8 Å². The van der Waals surface area contributed by atoms with E-state index in [0.717, 1.165) is 24.2 Å². The number of hydrogen-bond donors (Lipinski definition) is 2. The molecule has 0 fully saturated rings. The highest BCUT2D eigenvalue weighted by Crippen LogP contribution is 2.32. The van der Waals surface area contributed by atoms with Crippen molar-refractivity contribution in [3.63, 3.8) is 0 Å². The molecule has 3 nitrogen and oxygen atoms in total. The van der Waals surface area contributed by atoms with Crippen LogP contribution in [0.3, 0.4) is 0 Å². The molecule has 1 unspecified atom stereocenters. The summed E-state index contributed by atoms with van der Waals surface area (Å²) in [6.45, 7) is 11.6. The van der Waals surface area contributed by atoms with E-state index in [2.05, 4.69) is 57.9 Å². The van der Waals surface area contributed by atoms with Gasteiger partial charge in [0.1, 0.15) is 5.75 Å². The van der Waals surface area contributed by atoms with Crippen LogP contribution in [-0.4, -0.2) is 24.2 Å². The second-order valence-electron chi connectivity index (χ2n) is 5.75. The summed E-state index contributed by atoms with van der Waals surface area (Å²) in [5, 5.41) is 13.5. The van der Waals surface area contributed by atoms with Gasteiger partial charge in [0, 0.05) is 35.9 Å². The van der Waals surface area contributed by atoms with Crippen LogP contribution in [0.4, 0.5) is 5.69 Å². The topological polar surface area (TPSA) is 35.5 Å². The van der Waals surface area contributed by atoms with Gasteiger partial charge >= 0.3 is 0 Å². The summed E-state index contributed by atoms with van der Waals surface area (Å²) in [5.41, 5.74) is 2.09. The molecule has 0 bridgehead atoms. The Labute approximate surface area is 117 Å². The fraction of sp³-hybridized carbons (Fsp3) is 0.625. The molecule has 2 N–H and O–H groups in total. The van der Waals surface area contributed by atoms with Gasteiger partial charge in [0.25, 0.3) is 0 Å². The maximum absolute atomic E-state index is 10.2. The SMILES string of the molecule is CCNC(C)c1ccc(N(C)C(C)(C)CC)cc1O. The Bertz CT molecular complexity index is 415. The third kappa shape index (κ3) is 3.63. The van der Waals surface area contributed by atoms with E-state index in [1.54, 1.807) is 0 Å². The van der Waals surface area contributed by atoms with Gasteiger partial charge in [0.2, 0.25) is 0 Å². The van der Waals surface area contributed by atoms with Crippen LogP contribution in [0.1, 0.15) is 52.6 Å². The first-order valence-corrected chi connectivity index (χ1v) is 7.13. The predicted octanol–water partition coefficient (Wildman–Crippen LogP) is 3.69. The number of nitrogens with zero attached hydrogens (tertiary/aromatic N) is 1. The number of anilines is 1. The molecule has 0 heterocycles. The van der Waals surface area contributed by atoms with E-state index in [-0.39, 0.29) is 11.6 Å². The first kappa shape index (κ1) is 15.8. The van der Waals surface area contributed by atoms with Crippen LogP contribution in [0.25, 0.3) is 0 Å². The minimum absolute atomic E-state index is 0.0846. The van der Waals surface area contributed by atoms with Gasteiger partial charge in [-0.15, -0.1) is 0 Å². The molecule has 0 saturated carbocycles. The summed E-state index contributed by atoms with van der Waals surface area (Å²) in [7, 11) is 2.08. The van der Waals surface area contributed by atoms with Crippen molar-refractivity contribution in [1.29, 1.82) is 0 Å². The van der Waals surface area contributed by atoms with Crippen molar-refractivity contribution >= 4 is 5.69 Å². The lowest BCUT2D eigenvalue weighted by molar-refractivity contribution is 0.450. The molecule has 1 rings (SSSR count). The van der Waals surface area contributed by atoms with Crippen LogP contribution in [-0.2, 0) is 0 Å². The number of rotatable bonds is 6. The van der Waals surface area contributed by atoms with E-state index in [9.17, 15) is 5.11 Å². The first-order valence-electron chi connectivity index (χ1n) is 7.13. The van der Waals surface area contributed by atoms with Crippen LogP contribution in [0.2, 0.25) is 0 Å². The van der Waals surface area contributed by atoms with E-state index < -0.39 is 0 Å². The molecule has 108 valence electrons. The number of nitrogens with one attached hydrogen (secondary N) is 1. The Morgan fingerprint density at radius 3 is 2.42 bits per heavy atom. The Kier molecular flexibility index (Phi) is 5.24. The summed E-state index contributed by atoms with van der Waals surface area (Å²) in [6, 6.07) is 6.13. The lowest BCUT2D eigenvalue weighted by atomic mass is 9.98. The summed E-state index contributed by atoms with van der Waals surface area (Å²) in [6.07, 6.45) is 1.06. The standard InChI is InChI=1S/C16H28N2O/c1-7-16(4,5)18(6)13-9-10-14(15(19)11-13)12(3)17-8-2/h9-12,17,19H,7-8H2,1-6H3. The Morgan fingerprint density at radius 2 is 1.95 bits per heavy atom. The van der Waals surface area contributed by atoms with Crippen molar-refractivity contribution in [3.05, 3.63) is 23.8 Å². The monoisotopic (exact) mass is 264 g/mol. The average molecular weight is 264 g/mol. The number of aromatic hydroxyl groups is 1. The zero-order chi connectivity index (χ0) is 14.6. The molecule has 0 saturated heterocycles. The van der Waals surface area contributed by atoms with Crippen molar-refractivity contribution in [2.75, 3.05) is 18.5 Å². The summed E-state index contributed by atoms with van der Waals surface area (Å²) in [4.78, 5) is 2.22. The highest BCUT2D eigenvalue weighted by atomic mass is 16.3. The van der Waals surface area contributed by atoms with Crippen molar-refractivity contribution in [3.8, 4) is 5.75 Å². The van der Waals surface area contributed by atoms with Gasteiger partial charge < -0.3 is 15.3 Å². The van der Waals surface area contributed by atoms with Gasteiger partial charge in [-0.2, -0.15) is 0 Å². The highest BCUT2D eigenvalue weighted by Gasteiger charge is 2.22. The van der Waals surface area contributed by atoms with E-state index >= 15 is 0 Å². The molecule has 19 heavy (non-hydrogen) atoms. The number of benzene rings is 1. The maximum atomic E-state index is 10.2. The van der Waals surface area contributed by atoms with Crippen molar-refractivity contribution in [2.45, 2.75) is 52.6 Å². The lowest BCUT2D eigenvalue weighted by Crippen LogP contribution is -2.40. The smallest absolute Gasteiger partial charge is 0.122 e. The lowest BCUT2D eigenvalue weighted by Gasteiger charge is -2.37. The van der Waals surface area contributed by atoms with Crippen LogP contribution >= 0.6 is 0 Å².